The number of nitrogens with zero attached hydrogens (tertiary/aromatic N) is 3. The topological polar surface area (TPSA) is 64.4 Å². The van der Waals surface area contributed by atoms with Crippen LogP contribution in [-0.2, 0) is 9.59 Å². The van der Waals surface area contributed by atoms with Crippen LogP contribution in [-0.4, -0.2) is 22.8 Å². The molecule has 0 N–H and O–H groups in total. The lowest BCUT2D eigenvalue weighted by molar-refractivity contribution is -0.123. The molecule has 27 heavy (non-hydrogen) atoms. The molecule has 2 amide bonds. The fraction of sp³-hybridized carbons (Fsp3) is 0.190. The highest BCUT2D eigenvalue weighted by Crippen LogP contribution is 2.52. The molecule has 0 aliphatic carbocycles. The van der Waals surface area contributed by atoms with Gasteiger partial charge in [0.15, 0.2) is 0 Å². The number of amides is 2. The second-order valence-corrected chi connectivity index (χ2v) is 7.87. The van der Waals surface area contributed by atoms with Crippen molar-refractivity contribution in [3.05, 3.63) is 70.3 Å². The van der Waals surface area contributed by atoms with Gasteiger partial charge in [-0.25, -0.2) is 4.90 Å². The van der Waals surface area contributed by atoms with E-state index >= 15 is 0 Å². The van der Waals surface area contributed by atoms with Crippen molar-refractivity contribution in [2.45, 2.75) is 12.1 Å². The van der Waals surface area contributed by atoms with E-state index < -0.39 is 17.9 Å². The van der Waals surface area contributed by atoms with Crippen LogP contribution in [0.5, 0.6) is 0 Å². The summed E-state index contributed by atoms with van der Waals surface area (Å²) >= 11 is 3.37. The summed E-state index contributed by atoms with van der Waals surface area (Å²) in [5, 5.41) is 9.78. The first kappa shape index (κ1) is 16.3. The smallest absolute Gasteiger partial charge is 0.240 e. The van der Waals surface area contributed by atoms with Gasteiger partial charge >= 0.3 is 0 Å². The number of benzene rings is 2. The van der Waals surface area contributed by atoms with E-state index in [1.807, 2.05) is 41.4 Å². The lowest BCUT2D eigenvalue weighted by Gasteiger charge is -2.33. The summed E-state index contributed by atoms with van der Waals surface area (Å²) < 4.78 is 0.873. The van der Waals surface area contributed by atoms with Gasteiger partial charge in [-0.3, -0.25) is 9.59 Å². The van der Waals surface area contributed by atoms with E-state index in [9.17, 15) is 14.9 Å². The van der Waals surface area contributed by atoms with Gasteiger partial charge in [-0.2, -0.15) is 5.26 Å². The van der Waals surface area contributed by atoms with Crippen LogP contribution in [0.25, 0.3) is 6.08 Å². The number of rotatable bonds is 1. The number of hydrogen-bond acceptors (Lipinski definition) is 4. The minimum absolute atomic E-state index is 0.231. The molecule has 0 unspecified atom stereocenters. The molecule has 3 heterocycles. The van der Waals surface area contributed by atoms with Crippen LogP contribution in [0.4, 0.5) is 5.69 Å². The Bertz CT molecular complexity index is 1040. The third-order valence-electron chi connectivity index (χ3n) is 5.68. The molecular weight excluding hydrogens is 406 g/mol. The van der Waals surface area contributed by atoms with Crippen molar-refractivity contribution in [3.63, 3.8) is 0 Å². The van der Waals surface area contributed by atoms with Crippen molar-refractivity contribution >= 4 is 39.5 Å². The number of halogens is 1. The Balaban J connectivity index is 1.63. The second-order valence-electron chi connectivity index (χ2n) is 6.95. The zero-order valence-corrected chi connectivity index (χ0v) is 15.7. The van der Waals surface area contributed by atoms with Crippen LogP contribution in [0.3, 0.4) is 0 Å². The van der Waals surface area contributed by atoms with Crippen LogP contribution in [0, 0.1) is 23.2 Å². The zero-order chi connectivity index (χ0) is 18.7. The second kappa shape index (κ2) is 5.80. The van der Waals surface area contributed by atoms with Gasteiger partial charge in [0.1, 0.15) is 6.04 Å². The summed E-state index contributed by atoms with van der Waals surface area (Å²) in [4.78, 5) is 29.7. The van der Waals surface area contributed by atoms with Crippen LogP contribution < -0.4 is 4.90 Å². The lowest BCUT2D eigenvalue weighted by Crippen LogP contribution is -2.40. The van der Waals surface area contributed by atoms with Gasteiger partial charge in [-0.05, 0) is 41.5 Å². The van der Waals surface area contributed by atoms with Gasteiger partial charge in [0.05, 0.1) is 29.6 Å². The predicted octanol–water partition coefficient (Wildman–Crippen LogP) is 3.49. The molecule has 0 saturated carbocycles. The van der Waals surface area contributed by atoms with Crippen LogP contribution in [0.1, 0.15) is 17.2 Å². The maximum absolute atomic E-state index is 13.3. The SMILES string of the molecule is N#C[C@@H]1[C@@H]2C(=O)N(c3ccc(Br)cc3)C(=O)[C@H]2[C@H]2c3ccccc3C=CN12. The summed E-state index contributed by atoms with van der Waals surface area (Å²) in [6.07, 6.45) is 3.79. The maximum Gasteiger partial charge on any atom is 0.240 e. The Morgan fingerprint density at radius 2 is 1.67 bits per heavy atom. The molecule has 2 aromatic carbocycles. The Labute approximate surface area is 164 Å². The van der Waals surface area contributed by atoms with Gasteiger partial charge in [-0.1, -0.05) is 40.2 Å². The largest absolute Gasteiger partial charge is 0.353 e. The molecule has 3 aliphatic rings. The Morgan fingerprint density at radius 1 is 0.963 bits per heavy atom. The van der Waals surface area contributed by atoms with Crippen LogP contribution in [0.15, 0.2) is 59.2 Å². The van der Waals surface area contributed by atoms with E-state index in [1.165, 1.54) is 4.90 Å². The van der Waals surface area contributed by atoms with Gasteiger partial charge in [0.2, 0.25) is 11.8 Å². The van der Waals surface area contributed by atoms with Crippen molar-refractivity contribution in [2.75, 3.05) is 4.90 Å². The number of nitriles is 1. The van der Waals surface area contributed by atoms with Crippen molar-refractivity contribution in [2.24, 2.45) is 11.8 Å². The van der Waals surface area contributed by atoms with E-state index in [1.54, 1.807) is 24.3 Å². The highest BCUT2D eigenvalue weighted by Gasteiger charge is 2.63. The molecule has 2 fully saturated rings. The molecule has 0 bridgehead atoms. The molecule has 5 rings (SSSR count). The van der Waals surface area contributed by atoms with Crippen LogP contribution >= 0.6 is 15.9 Å². The Hall–Kier alpha value is -2.91. The first-order chi connectivity index (χ1) is 13.1. The zero-order valence-electron chi connectivity index (χ0n) is 14.1. The van der Waals surface area contributed by atoms with E-state index in [0.717, 1.165) is 15.6 Å². The average molecular weight is 420 g/mol. The molecule has 2 aromatic rings. The first-order valence-corrected chi connectivity index (χ1v) is 9.48. The molecule has 6 heteroatoms. The van der Waals surface area contributed by atoms with Gasteiger partial charge < -0.3 is 4.90 Å². The quantitative estimate of drug-likeness (QED) is 0.663. The third kappa shape index (κ3) is 2.15. The molecule has 0 radical (unpaired) electrons. The minimum Gasteiger partial charge on any atom is -0.353 e. The molecular formula is C21H14BrN3O2. The summed E-state index contributed by atoms with van der Waals surface area (Å²) in [5.41, 5.74) is 2.57. The highest BCUT2D eigenvalue weighted by atomic mass is 79.9. The van der Waals surface area contributed by atoms with Crippen molar-refractivity contribution in [1.82, 2.24) is 4.90 Å². The fourth-order valence-electron chi connectivity index (χ4n) is 4.55. The monoisotopic (exact) mass is 419 g/mol. The molecule has 2 saturated heterocycles. The minimum atomic E-state index is -0.660. The predicted molar refractivity (Wildman–Crippen MR) is 103 cm³/mol. The van der Waals surface area contributed by atoms with Gasteiger partial charge in [0, 0.05) is 10.7 Å². The van der Waals surface area contributed by atoms with E-state index in [0.29, 0.717) is 5.69 Å². The lowest BCUT2D eigenvalue weighted by atomic mass is 9.85. The van der Waals surface area contributed by atoms with E-state index in [-0.39, 0.29) is 17.9 Å². The number of fused-ring (bicyclic) bond motifs is 5. The Morgan fingerprint density at radius 3 is 2.41 bits per heavy atom. The van der Waals surface area contributed by atoms with Crippen molar-refractivity contribution < 1.29 is 9.59 Å². The average Bonchev–Trinajstić information content (AvgIpc) is 3.15. The molecule has 0 aromatic heterocycles. The van der Waals surface area contributed by atoms with Crippen LogP contribution in [0.2, 0.25) is 0 Å². The molecule has 3 aliphatic heterocycles. The number of imide groups is 1. The summed E-state index contributed by atoms with van der Waals surface area (Å²) in [5.74, 6) is -1.74. The van der Waals surface area contributed by atoms with Crippen molar-refractivity contribution in [3.8, 4) is 6.07 Å². The highest BCUT2D eigenvalue weighted by molar-refractivity contribution is 9.10. The molecule has 0 spiro atoms. The molecule has 4 atom stereocenters. The first-order valence-electron chi connectivity index (χ1n) is 8.69. The normalized spacial score (nSPS) is 28.0. The maximum atomic E-state index is 13.3. The van der Waals surface area contributed by atoms with Gasteiger partial charge in [-0.15, -0.1) is 0 Å². The number of anilines is 1. The third-order valence-corrected chi connectivity index (χ3v) is 6.21. The van der Waals surface area contributed by atoms with E-state index in [2.05, 4.69) is 22.0 Å². The van der Waals surface area contributed by atoms with Gasteiger partial charge in [0.25, 0.3) is 0 Å². The molecule has 5 nitrogen and oxygen atoms in total. The molecule has 132 valence electrons. The van der Waals surface area contributed by atoms with E-state index in [4.69, 9.17) is 0 Å². The fourth-order valence-corrected chi connectivity index (χ4v) is 4.81. The van der Waals surface area contributed by atoms with Crippen molar-refractivity contribution in [1.29, 1.82) is 5.26 Å². The summed E-state index contributed by atoms with van der Waals surface area (Å²) in [6, 6.07) is 16.3. The Kier molecular flexibility index (Phi) is 3.49. The number of hydrogen-bond donors (Lipinski definition) is 0. The summed E-state index contributed by atoms with van der Waals surface area (Å²) in [7, 11) is 0. The standard InChI is InChI=1S/C21H14BrN3O2/c22-13-5-7-14(8-6-13)25-20(26)17-16(11-23)24-10-9-12-3-1-2-4-15(12)19(24)18(17)21(25)27/h1-10,16-19H/t16-,17+,18-,19-/m1/s1. The number of carbonyl (C=O) groups is 2. The summed E-state index contributed by atoms with van der Waals surface area (Å²) in [6.45, 7) is 0. The number of carbonyl (C=O) groups excluding carboxylic acids is 2.